The molecule has 0 aromatic heterocycles. The van der Waals surface area contributed by atoms with Gasteiger partial charge in [-0.15, -0.1) is 0 Å². The molecule has 0 amide bonds. The second-order valence-electron chi connectivity index (χ2n) is 5.38. The predicted molar refractivity (Wildman–Crippen MR) is 88.6 cm³/mol. The number of hydrogen-bond donors (Lipinski definition) is 1. The standard InChI is InChI=1S/C17H16ClN3O/c18-12-5-6-14-16(11-12)22-15-4-2-1-3-13(15)17(20-14)21-9-7-19-8-10-21/h1-6,11,19H,7-10H2. The molecular weight excluding hydrogens is 298 g/mol. The minimum Gasteiger partial charge on any atom is -0.454 e. The maximum Gasteiger partial charge on any atom is 0.154 e. The number of amidine groups is 1. The van der Waals surface area contributed by atoms with Crippen LogP contribution in [0.15, 0.2) is 47.5 Å². The first kappa shape index (κ1) is 13.6. The van der Waals surface area contributed by atoms with Gasteiger partial charge in [0.25, 0.3) is 0 Å². The van der Waals surface area contributed by atoms with Crippen molar-refractivity contribution in [2.45, 2.75) is 0 Å². The third kappa shape index (κ3) is 2.45. The van der Waals surface area contributed by atoms with Crippen LogP contribution in [-0.4, -0.2) is 36.9 Å². The van der Waals surface area contributed by atoms with Crippen LogP contribution in [0.25, 0.3) is 0 Å². The van der Waals surface area contributed by atoms with Crippen molar-refractivity contribution in [2.75, 3.05) is 26.2 Å². The molecule has 1 saturated heterocycles. The zero-order valence-corrected chi connectivity index (χ0v) is 12.8. The zero-order chi connectivity index (χ0) is 14.9. The summed E-state index contributed by atoms with van der Waals surface area (Å²) in [5, 5.41) is 4.02. The highest BCUT2D eigenvalue weighted by atomic mass is 35.5. The molecule has 4 nitrogen and oxygen atoms in total. The summed E-state index contributed by atoms with van der Waals surface area (Å²) in [7, 11) is 0. The van der Waals surface area contributed by atoms with E-state index in [2.05, 4.69) is 16.3 Å². The van der Waals surface area contributed by atoms with Crippen LogP contribution in [0.2, 0.25) is 5.02 Å². The number of benzene rings is 2. The van der Waals surface area contributed by atoms with Gasteiger partial charge in [0.05, 0.1) is 5.56 Å². The van der Waals surface area contributed by atoms with E-state index < -0.39 is 0 Å². The molecule has 0 saturated carbocycles. The Morgan fingerprint density at radius 1 is 1.05 bits per heavy atom. The number of para-hydroxylation sites is 1. The summed E-state index contributed by atoms with van der Waals surface area (Å²) in [5.41, 5.74) is 1.84. The molecule has 2 heterocycles. The SMILES string of the molecule is Clc1ccc2c(c1)Oc1ccccc1C(N1CCNCC1)=N2. The lowest BCUT2D eigenvalue weighted by Gasteiger charge is -2.30. The average Bonchev–Trinajstić information content (AvgIpc) is 2.72. The van der Waals surface area contributed by atoms with Crippen molar-refractivity contribution >= 4 is 23.1 Å². The van der Waals surface area contributed by atoms with Gasteiger partial charge in [0.1, 0.15) is 17.3 Å². The second kappa shape index (κ2) is 5.63. The lowest BCUT2D eigenvalue weighted by Crippen LogP contribution is -2.46. The van der Waals surface area contributed by atoms with E-state index in [1.807, 2.05) is 36.4 Å². The van der Waals surface area contributed by atoms with E-state index in [4.69, 9.17) is 21.3 Å². The Morgan fingerprint density at radius 3 is 2.73 bits per heavy atom. The fraction of sp³-hybridized carbons (Fsp3) is 0.235. The van der Waals surface area contributed by atoms with Crippen LogP contribution in [0.4, 0.5) is 5.69 Å². The highest BCUT2D eigenvalue weighted by molar-refractivity contribution is 6.30. The molecule has 1 N–H and O–H groups in total. The number of halogens is 1. The fourth-order valence-electron chi connectivity index (χ4n) is 2.81. The normalized spacial score (nSPS) is 17.0. The van der Waals surface area contributed by atoms with Gasteiger partial charge in [0.15, 0.2) is 5.75 Å². The molecule has 22 heavy (non-hydrogen) atoms. The Bertz CT molecular complexity index is 738. The van der Waals surface area contributed by atoms with Crippen molar-refractivity contribution in [2.24, 2.45) is 4.99 Å². The van der Waals surface area contributed by atoms with Gasteiger partial charge in [0.2, 0.25) is 0 Å². The van der Waals surface area contributed by atoms with Gasteiger partial charge in [-0.1, -0.05) is 23.7 Å². The Balaban J connectivity index is 1.87. The van der Waals surface area contributed by atoms with Crippen molar-refractivity contribution < 1.29 is 4.74 Å². The number of fused-ring (bicyclic) bond motifs is 2. The molecule has 2 aliphatic heterocycles. The quantitative estimate of drug-likeness (QED) is 0.809. The highest BCUT2D eigenvalue weighted by Crippen LogP contribution is 2.39. The van der Waals surface area contributed by atoms with Crippen molar-refractivity contribution in [3.05, 3.63) is 53.1 Å². The fourth-order valence-corrected chi connectivity index (χ4v) is 2.98. The molecule has 0 atom stereocenters. The third-order valence-corrected chi connectivity index (χ3v) is 4.15. The van der Waals surface area contributed by atoms with E-state index >= 15 is 0 Å². The molecule has 112 valence electrons. The van der Waals surface area contributed by atoms with Gasteiger partial charge < -0.3 is 15.0 Å². The van der Waals surface area contributed by atoms with Gasteiger partial charge in [-0.3, -0.25) is 0 Å². The molecule has 2 aromatic rings. The van der Waals surface area contributed by atoms with Crippen LogP contribution in [0.5, 0.6) is 11.5 Å². The summed E-state index contributed by atoms with van der Waals surface area (Å²) in [6.45, 7) is 3.82. The summed E-state index contributed by atoms with van der Waals surface area (Å²) in [6, 6.07) is 13.6. The number of hydrogen-bond acceptors (Lipinski definition) is 4. The van der Waals surface area contributed by atoms with Gasteiger partial charge in [-0.25, -0.2) is 4.99 Å². The average molecular weight is 314 g/mol. The molecule has 2 aliphatic rings. The second-order valence-corrected chi connectivity index (χ2v) is 5.82. The molecule has 4 rings (SSSR count). The molecule has 0 radical (unpaired) electrons. The summed E-state index contributed by atoms with van der Waals surface area (Å²) in [5.74, 6) is 2.49. The summed E-state index contributed by atoms with van der Waals surface area (Å²) < 4.78 is 6.06. The minimum absolute atomic E-state index is 0.650. The molecule has 5 heteroatoms. The number of aliphatic imine (C=N–C) groups is 1. The lowest BCUT2D eigenvalue weighted by atomic mass is 10.1. The molecule has 1 fully saturated rings. The summed E-state index contributed by atoms with van der Waals surface area (Å²) in [4.78, 5) is 7.18. The summed E-state index contributed by atoms with van der Waals surface area (Å²) >= 11 is 6.09. The maximum absolute atomic E-state index is 6.09. The van der Waals surface area contributed by atoms with E-state index in [-0.39, 0.29) is 0 Å². The van der Waals surface area contributed by atoms with Crippen LogP contribution in [0, 0.1) is 0 Å². The maximum atomic E-state index is 6.09. The number of ether oxygens (including phenoxy) is 1. The van der Waals surface area contributed by atoms with E-state index in [9.17, 15) is 0 Å². The molecule has 0 bridgehead atoms. The lowest BCUT2D eigenvalue weighted by molar-refractivity contribution is 0.357. The van der Waals surface area contributed by atoms with Crippen LogP contribution in [0.1, 0.15) is 5.56 Å². The van der Waals surface area contributed by atoms with Gasteiger partial charge in [-0.05, 0) is 24.3 Å². The Kier molecular flexibility index (Phi) is 3.48. The summed E-state index contributed by atoms with van der Waals surface area (Å²) in [6.07, 6.45) is 0. The predicted octanol–water partition coefficient (Wildman–Crippen LogP) is 3.43. The van der Waals surface area contributed by atoms with Crippen molar-refractivity contribution in [3.63, 3.8) is 0 Å². The zero-order valence-electron chi connectivity index (χ0n) is 12.1. The van der Waals surface area contributed by atoms with Crippen LogP contribution in [0.3, 0.4) is 0 Å². The van der Waals surface area contributed by atoms with Crippen molar-refractivity contribution in [3.8, 4) is 11.5 Å². The van der Waals surface area contributed by atoms with E-state index in [1.54, 1.807) is 0 Å². The Labute approximate surface area is 134 Å². The van der Waals surface area contributed by atoms with E-state index in [0.29, 0.717) is 10.8 Å². The number of rotatable bonds is 0. The smallest absolute Gasteiger partial charge is 0.154 e. The molecule has 0 spiro atoms. The van der Waals surface area contributed by atoms with E-state index in [0.717, 1.165) is 49.0 Å². The Morgan fingerprint density at radius 2 is 1.86 bits per heavy atom. The van der Waals surface area contributed by atoms with Crippen molar-refractivity contribution in [1.29, 1.82) is 0 Å². The molecule has 2 aromatic carbocycles. The highest BCUT2D eigenvalue weighted by Gasteiger charge is 2.23. The van der Waals surface area contributed by atoms with Crippen LogP contribution in [-0.2, 0) is 0 Å². The first-order valence-electron chi connectivity index (χ1n) is 7.42. The number of nitrogens with one attached hydrogen (secondary N) is 1. The largest absolute Gasteiger partial charge is 0.454 e. The molecule has 0 unspecified atom stereocenters. The van der Waals surface area contributed by atoms with Gasteiger partial charge in [0, 0.05) is 37.3 Å². The first-order valence-corrected chi connectivity index (χ1v) is 7.80. The minimum atomic E-state index is 0.650. The number of piperazine rings is 1. The Hall–Kier alpha value is -2.04. The molecular formula is C17H16ClN3O. The van der Waals surface area contributed by atoms with Crippen molar-refractivity contribution in [1.82, 2.24) is 10.2 Å². The van der Waals surface area contributed by atoms with Crippen LogP contribution < -0.4 is 10.1 Å². The number of nitrogens with zero attached hydrogens (tertiary/aromatic N) is 2. The van der Waals surface area contributed by atoms with Gasteiger partial charge in [-0.2, -0.15) is 0 Å². The van der Waals surface area contributed by atoms with Gasteiger partial charge >= 0.3 is 0 Å². The monoisotopic (exact) mass is 313 g/mol. The first-order chi connectivity index (χ1) is 10.8. The third-order valence-electron chi connectivity index (χ3n) is 3.91. The van der Waals surface area contributed by atoms with E-state index in [1.165, 1.54) is 0 Å². The van der Waals surface area contributed by atoms with Crippen LogP contribution >= 0.6 is 11.6 Å². The topological polar surface area (TPSA) is 36.9 Å². The molecule has 0 aliphatic carbocycles.